The quantitative estimate of drug-likeness (QED) is 0.424. The zero-order chi connectivity index (χ0) is 21.1. The molecule has 2 rings (SSSR count). The van der Waals surface area contributed by atoms with Crippen molar-refractivity contribution in [2.75, 3.05) is 40.8 Å². The molecule has 0 aliphatic heterocycles. The molecule has 6 heteroatoms. The van der Waals surface area contributed by atoms with Crippen LogP contribution in [0.1, 0.15) is 36.6 Å². The maximum absolute atomic E-state index is 10.3. The van der Waals surface area contributed by atoms with Crippen molar-refractivity contribution in [1.82, 2.24) is 15.5 Å². The molecule has 0 radical (unpaired) electrons. The fourth-order valence-corrected chi connectivity index (χ4v) is 3.08. The minimum atomic E-state index is -0.486. The second-order valence-electron chi connectivity index (χ2n) is 7.11. The van der Waals surface area contributed by atoms with E-state index in [-0.39, 0.29) is 6.04 Å². The summed E-state index contributed by atoms with van der Waals surface area (Å²) in [5, 5.41) is 16.9. The first-order valence-corrected chi connectivity index (χ1v) is 10.1. The molecule has 0 amide bonds. The molecule has 0 bridgehead atoms. The summed E-state index contributed by atoms with van der Waals surface area (Å²) < 4.78 is 5.25. The Hall–Kier alpha value is -2.57. The predicted octanol–water partition coefficient (Wildman–Crippen LogP) is 2.98. The molecule has 0 saturated heterocycles. The first-order valence-electron chi connectivity index (χ1n) is 10.1. The lowest BCUT2D eigenvalue weighted by atomic mass is 10.1. The highest BCUT2D eigenvalue weighted by molar-refractivity contribution is 5.79. The van der Waals surface area contributed by atoms with Crippen molar-refractivity contribution in [3.63, 3.8) is 0 Å². The van der Waals surface area contributed by atoms with Gasteiger partial charge >= 0.3 is 0 Å². The number of aliphatic imine (C=N–C) groups is 1. The number of nitrogens with one attached hydrogen (secondary N) is 2. The van der Waals surface area contributed by atoms with Crippen LogP contribution in [0.15, 0.2) is 59.6 Å². The number of hydrogen-bond acceptors (Lipinski definition) is 4. The molecule has 29 heavy (non-hydrogen) atoms. The van der Waals surface area contributed by atoms with Crippen LogP contribution < -0.4 is 15.4 Å². The van der Waals surface area contributed by atoms with Gasteiger partial charge in [0.15, 0.2) is 5.96 Å². The van der Waals surface area contributed by atoms with Crippen LogP contribution in [-0.4, -0.2) is 56.8 Å². The first kappa shape index (κ1) is 22.7. The summed E-state index contributed by atoms with van der Waals surface area (Å²) >= 11 is 0. The summed E-state index contributed by atoms with van der Waals surface area (Å²) in [6.07, 6.45) is 0.129. The summed E-state index contributed by atoms with van der Waals surface area (Å²) in [7, 11) is 5.79. The van der Waals surface area contributed by atoms with Crippen LogP contribution in [0.4, 0.5) is 0 Å². The van der Waals surface area contributed by atoms with Gasteiger partial charge < -0.3 is 25.4 Å². The number of rotatable bonds is 10. The van der Waals surface area contributed by atoms with Crippen molar-refractivity contribution >= 4 is 5.96 Å². The van der Waals surface area contributed by atoms with Gasteiger partial charge in [0.1, 0.15) is 5.75 Å². The molecule has 0 saturated carbocycles. The maximum Gasteiger partial charge on any atom is 0.191 e. The zero-order valence-electron chi connectivity index (χ0n) is 17.9. The van der Waals surface area contributed by atoms with Gasteiger partial charge in [-0.05, 0) is 50.7 Å². The largest absolute Gasteiger partial charge is 0.497 e. The molecule has 158 valence electrons. The van der Waals surface area contributed by atoms with E-state index in [4.69, 9.17) is 9.73 Å². The lowest BCUT2D eigenvalue weighted by Gasteiger charge is -2.24. The molecule has 0 aliphatic rings. The van der Waals surface area contributed by atoms with Gasteiger partial charge in [-0.2, -0.15) is 0 Å². The fourth-order valence-electron chi connectivity index (χ4n) is 3.08. The third-order valence-corrected chi connectivity index (χ3v) is 4.79. The molecular formula is C23H34N4O2. The van der Waals surface area contributed by atoms with Crippen molar-refractivity contribution in [3.8, 4) is 5.75 Å². The molecule has 2 atom stereocenters. The Morgan fingerprint density at radius 2 is 1.72 bits per heavy atom. The summed E-state index contributed by atoms with van der Waals surface area (Å²) in [6, 6.07) is 18.0. The molecule has 0 heterocycles. The van der Waals surface area contributed by atoms with E-state index in [9.17, 15) is 5.11 Å². The lowest BCUT2D eigenvalue weighted by molar-refractivity contribution is 0.168. The van der Waals surface area contributed by atoms with E-state index in [1.165, 1.54) is 5.56 Å². The third-order valence-electron chi connectivity index (χ3n) is 4.79. The standard InChI is InChI=1S/C23H34N4O2/c1-5-24-23(25-16-15-22(28)19-9-7-6-8-10-19)26-17-21(27(2)3)18-11-13-20(29-4)14-12-18/h6-14,21-22,28H,5,15-17H2,1-4H3,(H2,24,25,26). The molecule has 0 fully saturated rings. The van der Waals surface area contributed by atoms with E-state index in [1.54, 1.807) is 7.11 Å². The summed E-state index contributed by atoms with van der Waals surface area (Å²) in [5.74, 6) is 1.61. The number of methoxy groups -OCH3 is 1. The van der Waals surface area contributed by atoms with E-state index in [0.717, 1.165) is 23.8 Å². The van der Waals surface area contributed by atoms with Crippen LogP contribution >= 0.6 is 0 Å². The number of ether oxygens (including phenoxy) is 1. The number of aliphatic hydroxyl groups excluding tert-OH is 1. The Morgan fingerprint density at radius 3 is 2.31 bits per heavy atom. The Bertz CT molecular complexity index is 732. The first-order chi connectivity index (χ1) is 14.0. The molecular weight excluding hydrogens is 364 g/mol. The van der Waals surface area contributed by atoms with E-state index < -0.39 is 6.10 Å². The molecule has 0 aliphatic carbocycles. The molecule has 3 N–H and O–H groups in total. The topological polar surface area (TPSA) is 69.1 Å². The summed E-state index contributed by atoms with van der Waals surface area (Å²) in [4.78, 5) is 6.92. The molecule has 6 nitrogen and oxygen atoms in total. The molecule has 0 aromatic heterocycles. The number of benzene rings is 2. The number of aliphatic hydroxyl groups is 1. The van der Waals surface area contributed by atoms with Crippen LogP contribution in [0.3, 0.4) is 0 Å². The lowest BCUT2D eigenvalue weighted by Crippen LogP contribution is -2.39. The predicted molar refractivity (Wildman–Crippen MR) is 119 cm³/mol. The van der Waals surface area contributed by atoms with Gasteiger partial charge in [0.2, 0.25) is 0 Å². The van der Waals surface area contributed by atoms with Crippen molar-refractivity contribution in [3.05, 3.63) is 65.7 Å². The zero-order valence-corrected chi connectivity index (χ0v) is 17.9. The highest BCUT2D eigenvalue weighted by Crippen LogP contribution is 2.21. The van der Waals surface area contributed by atoms with Gasteiger partial charge in [0.05, 0.1) is 25.8 Å². The van der Waals surface area contributed by atoms with E-state index in [2.05, 4.69) is 41.8 Å². The number of likely N-dealkylation sites (N-methyl/N-ethyl adjacent to an activating group) is 1. The van der Waals surface area contributed by atoms with Crippen molar-refractivity contribution in [2.24, 2.45) is 4.99 Å². The Labute approximate surface area is 174 Å². The third kappa shape index (κ3) is 7.40. The Morgan fingerprint density at radius 1 is 1.03 bits per heavy atom. The minimum absolute atomic E-state index is 0.159. The molecule has 2 aromatic carbocycles. The number of hydrogen-bond donors (Lipinski definition) is 3. The van der Waals surface area contributed by atoms with Gasteiger partial charge in [-0.3, -0.25) is 4.99 Å². The Balaban J connectivity index is 1.96. The molecule has 0 spiro atoms. The second-order valence-corrected chi connectivity index (χ2v) is 7.11. The summed E-state index contributed by atoms with van der Waals surface area (Å²) in [6.45, 7) is 4.08. The minimum Gasteiger partial charge on any atom is -0.497 e. The van der Waals surface area contributed by atoms with Crippen molar-refractivity contribution < 1.29 is 9.84 Å². The van der Waals surface area contributed by atoms with E-state index in [1.807, 2.05) is 49.4 Å². The van der Waals surface area contributed by atoms with Gasteiger partial charge in [-0.1, -0.05) is 42.5 Å². The average Bonchev–Trinajstić information content (AvgIpc) is 2.74. The van der Waals surface area contributed by atoms with Crippen LogP contribution in [0.5, 0.6) is 5.75 Å². The van der Waals surface area contributed by atoms with Crippen LogP contribution in [0.25, 0.3) is 0 Å². The van der Waals surface area contributed by atoms with E-state index >= 15 is 0 Å². The van der Waals surface area contributed by atoms with Crippen molar-refractivity contribution in [2.45, 2.75) is 25.5 Å². The molecule has 2 aromatic rings. The van der Waals surface area contributed by atoms with Gasteiger partial charge in [0.25, 0.3) is 0 Å². The molecule has 2 unspecified atom stereocenters. The van der Waals surface area contributed by atoms with Crippen LogP contribution in [-0.2, 0) is 0 Å². The highest BCUT2D eigenvalue weighted by Gasteiger charge is 2.14. The van der Waals surface area contributed by atoms with Gasteiger partial charge in [-0.15, -0.1) is 0 Å². The fraction of sp³-hybridized carbons (Fsp3) is 0.435. The van der Waals surface area contributed by atoms with Crippen LogP contribution in [0.2, 0.25) is 0 Å². The highest BCUT2D eigenvalue weighted by atomic mass is 16.5. The monoisotopic (exact) mass is 398 g/mol. The van der Waals surface area contributed by atoms with Crippen LogP contribution in [0, 0.1) is 0 Å². The van der Waals surface area contributed by atoms with Gasteiger partial charge in [0, 0.05) is 13.1 Å². The SMILES string of the molecule is CCNC(=NCC(c1ccc(OC)cc1)N(C)C)NCCC(O)c1ccccc1. The maximum atomic E-state index is 10.3. The smallest absolute Gasteiger partial charge is 0.191 e. The average molecular weight is 399 g/mol. The Kier molecular flexibility index (Phi) is 9.47. The van der Waals surface area contributed by atoms with E-state index in [0.29, 0.717) is 19.5 Å². The normalized spacial score (nSPS) is 13.8. The van der Waals surface area contributed by atoms with Crippen molar-refractivity contribution in [1.29, 1.82) is 0 Å². The second kappa shape index (κ2) is 12.1. The number of nitrogens with zero attached hydrogens (tertiary/aromatic N) is 2. The van der Waals surface area contributed by atoms with Gasteiger partial charge in [-0.25, -0.2) is 0 Å². The number of guanidine groups is 1. The summed E-state index contributed by atoms with van der Waals surface area (Å²) in [5.41, 5.74) is 2.12.